The molecule has 148 valence electrons. The molecular weight excluding hydrogens is 426 g/mol. The van der Waals surface area contributed by atoms with Crippen LogP contribution in [0, 0.1) is 6.92 Å². The number of amides is 1. The maximum absolute atomic E-state index is 13.1. The fourth-order valence-corrected chi connectivity index (χ4v) is 5.94. The first-order chi connectivity index (χ1) is 14.2. The summed E-state index contributed by atoms with van der Waals surface area (Å²) in [5.41, 5.74) is 2.02. The summed E-state index contributed by atoms with van der Waals surface area (Å²) in [6.45, 7) is 2.56. The predicted octanol–water partition coefficient (Wildman–Crippen LogP) is 5.03. The van der Waals surface area contributed by atoms with Crippen molar-refractivity contribution in [3.63, 3.8) is 0 Å². The van der Waals surface area contributed by atoms with Gasteiger partial charge in [0.2, 0.25) is 5.91 Å². The molecule has 0 aromatic carbocycles. The highest BCUT2D eigenvalue weighted by Crippen LogP contribution is 2.40. The Morgan fingerprint density at radius 2 is 2.21 bits per heavy atom. The highest BCUT2D eigenvalue weighted by Gasteiger charge is 2.33. The molecule has 1 amide bonds. The molecule has 1 atom stereocenters. The molecule has 0 N–H and O–H groups in total. The molecule has 0 fully saturated rings. The Balaban J connectivity index is 1.32. The van der Waals surface area contributed by atoms with Crippen molar-refractivity contribution in [2.75, 3.05) is 12.3 Å². The number of aryl methyl sites for hydroxylation is 1. The van der Waals surface area contributed by atoms with E-state index in [-0.39, 0.29) is 17.7 Å². The molecule has 5 rings (SSSR count). The second kappa shape index (κ2) is 7.81. The summed E-state index contributed by atoms with van der Waals surface area (Å²) >= 11 is 4.74. The zero-order valence-corrected chi connectivity index (χ0v) is 18.0. The van der Waals surface area contributed by atoms with Gasteiger partial charge in [0, 0.05) is 16.3 Å². The van der Waals surface area contributed by atoms with E-state index >= 15 is 0 Å². The van der Waals surface area contributed by atoms with E-state index < -0.39 is 0 Å². The molecular formula is C20H17N3O3S3. The van der Waals surface area contributed by atoms with Gasteiger partial charge in [0.25, 0.3) is 11.1 Å². The Hall–Kier alpha value is -2.36. The van der Waals surface area contributed by atoms with Crippen LogP contribution in [0.25, 0.3) is 11.5 Å². The normalized spacial score (nSPS) is 16.2. The Bertz CT molecular complexity index is 1130. The van der Waals surface area contributed by atoms with Crippen molar-refractivity contribution in [3.05, 3.63) is 62.4 Å². The number of carbonyl (C=O) groups excluding carboxylic acids is 1. The Kier molecular flexibility index (Phi) is 5.03. The van der Waals surface area contributed by atoms with Crippen molar-refractivity contribution < 1.29 is 13.6 Å². The third kappa shape index (κ3) is 3.54. The first-order valence-electron chi connectivity index (χ1n) is 9.10. The maximum atomic E-state index is 13.1. The van der Waals surface area contributed by atoms with Crippen LogP contribution in [-0.2, 0) is 11.2 Å². The Morgan fingerprint density at radius 1 is 1.28 bits per heavy atom. The molecule has 4 aromatic rings. The van der Waals surface area contributed by atoms with E-state index in [9.17, 15) is 4.79 Å². The number of nitrogens with zero attached hydrogens (tertiary/aromatic N) is 3. The van der Waals surface area contributed by atoms with E-state index in [0.29, 0.717) is 11.1 Å². The van der Waals surface area contributed by atoms with Gasteiger partial charge in [-0.15, -0.1) is 32.9 Å². The van der Waals surface area contributed by atoms with Crippen LogP contribution >= 0.6 is 34.4 Å². The minimum Gasteiger partial charge on any atom is -0.469 e. The maximum Gasteiger partial charge on any atom is 0.277 e. The van der Waals surface area contributed by atoms with Gasteiger partial charge in [-0.3, -0.25) is 4.79 Å². The van der Waals surface area contributed by atoms with Gasteiger partial charge in [0.15, 0.2) is 0 Å². The molecule has 5 heterocycles. The lowest BCUT2D eigenvalue weighted by molar-refractivity contribution is -0.130. The van der Waals surface area contributed by atoms with E-state index in [1.807, 2.05) is 17.9 Å². The molecule has 0 spiro atoms. The second-order valence-electron chi connectivity index (χ2n) is 6.61. The van der Waals surface area contributed by atoms with Crippen molar-refractivity contribution in [2.45, 2.75) is 24.6 Å². The Morgan fingerprint density at radius 3 is 3.00 bits per heavy atom. The van der Waals surface area contributed by atoms with Crippen LogP contribution in [0.1, 0.15) is 27.1 Å². The summed E-state index contributed by atoms with van der Waals surface area (Å²) in [6.07, 6.45) is 2.49. The molecule has 1 aliphatic rings. The zero-order chi connectivity index (χ0) is 19.8. The van der Waals surface area contributed by atoms with Gasteiger partial charge in [-0.2, -0.15) is 0 Å². The summed E-state index contributed by atoms with van der Waals surface area (Å²) in [4.78, 5) is 17.6. The quantitative estimate of drug-likeness (QED) is 0.403. The number of aromatic nitrogens is 2. The number of fused-ring (bicyclic) bond motifs is 1. The zero-order valence-electron chi connectivity index (χ0n) is 15.5. The molecule has 1 aliphatic heterocycles. The molecule has 0 saturated heterocycles. The fourth-order valence-electron chi connectivity index (χ4n) is 3.53. The van der Waals surface area contributed by atoms with Gasteiger partial charge in [0.1, 0.15) is 5.76 Å². The fraction of sp³-hybridized carbons (Fsp3) is 0.250. The first-order valence-corrected chi connectivity index (χ1v) is 11.8. The molecule has 0 radical (unpaired) electrons. The molecule has 6 nitrogen and oxygen atoms in total. The third-order valence-electron chi connectivity index (χ3n) is 4.91. The number of thioether (sulfide) groups is 1. The highest BCUT2D eigenvalue weighted by atomic mass is 32.2. The van der Waals surface area contributed by atoms with Gasteiger partial charge in [-0.1, -0.05) is 17.8 Å². The second-order valence-corrected chi connectivity index (χ2v) is 9.51. The lowest BCUT2D eigenvalue weighted by Gasteiger charge is -2.35. The van der Waals surface area contributed by atoms with Gasteiger partial charge in [0.05, 0.1) is 23.6 Å². The van der Waals surface area contributed by atoms with E-state index in [1.165, 1.54) is 27.1 Å². The molecule has 0 aliphatic carbocycles. The predicted molar refractivity (Wildman–Crippen MR) is 113 cm³/mol. The number of hydrogen-bond donors (Lipinski definition) is 0. The van der Waals surface area contributed by atoms with Crippen molar-refractivity contribution in [3.8, 4) is 11.5 Å². The molecule has 0 saturated carbocycles. The lowest BCUT2D eigenvalue weighted by atomic mass is 9.98. The molecule has 0 unspecified atom stereocenters. The lowest BCUT2D eigenvalue weighted by Crippen LogP contribution is -2.40. The van der Waals surface area contributed by atoms with Gasteiger partial charge in [-0.05, 0) is 47.9 Å². The van der Waals surface area contributed by atoms with Crippen molar-refractivity contribution in [1.29, 1.82) is 0 Å². The van der Waals surface area contributed by atoms with Crippen molar-refractivity contribution in [1.82, 2.24) is 15.1 Å². The summed E-state index contributed by atoms with van der Waals surface area (Å²) in [5.74, 6) is 1.46. The minimum atomic E-state index is -0.00933. The van der Waals surface area contributed by atoms with E-state index in [1.54, 1.807) is 35.0 Å². The standard InChI is InChI=1S/C20H17N3O3S3/c1-12-13(5-8-25-12)19-21-22-20(26-19)29-11-17(24)23-7-4-15-14(6-10-28-15)18(23)16-3-2-9-27-16/h2-3,5-6,8-10,18H,4,7,11H2,1H3/t18-/m0/s1. The monoisotopic (exact) mass is 443 g/mol. The topological polar surface area (TPSA) is 72.4 Å². The van der Waals surface area contributed by atoms with Crippen LogP contribution in [0.4, 0.5) is 0 Å². The number of rotatable bonds is 5. The van der Waals surface area contributed by atoms with Crippen molar-refractivity contribution >= 4 is 40.3 Å². The first kappa shape index (κ1) is 18.7. The summed E-state index contributed by atoms with van der Waals surface area (Å²) in [7, 11) is 0. The van der Waals surface area contributed by atoms with Crippen LogP contribution in [0.15, 0.2) is 55.3 Å². The smallest absolute Gasteiger partial charge is 0.277 e. The number of carbonyl (C=O) groups is 1. The summed E-state index contributed by atoms with van der Waals surface area (Å²) in [5, 5.41) is 12.7. The molecule has 29 heavy (non-hydrogen) atoms. The number of thiophene rings is 2. The number of furan rings is 1. The van der Waals surface area contributed by atoms with Crippen LogP contribution in [0.5, 0.6) is 0 Å². The van der Waals surface area contributed by atoms with Gasteiger partial charge in [-0.25, -0.2) is 0 Å². The van der Waals surface area contributed by atoms with Crippen LogP contribution in [0.3, 0.4) is 0 Å². The largest absolute Gasteiger partial charge is 0.469 e. The molecule has 4 aromatic heterocycles. The van der Waals surface area contributed by atoms with Crippen molar-refractivity contribution in [2.24, 2.45) is 0 Å². The third-order valence-corrected chi connectivity index (χ3v) is 7.64. The SMILES string of the molecule is Cc1occc1-c1nnc(SCC(=O)N2CCc3sccc3[C@H]2c2cccs2)o1. The Labute approximate surface area is 179 Å². The minimum absolute atomic E-state index is 0.00933. The van der Waals surface area contributed by atoms with E-state index in [2.05, 4.69) is 33.1 Å². The van der Waals surface area contributed by atoms with Gasteiger partial charge < -0.3 is 13.7 Å². The van der Waals surface area contributed by atoms with Crippen LogP contribution < -0.4 is 0 Å². The van der Waals surface area contributed by atoms with Gasteiger partial charge >= 0.3 is 0 Å². The summed E-state index contributed by atoms with van der Waals surface area (Å²) < 4.78 is 11.0. The van der Waals surface area contributed by atoms with E-state index in [0.717, 1.165) is 24.3 Å². The summed E-state index contributed by atoms with van der Waals surface area (Å²) in [6, 6.07) is 8.07. The highest BCUT2D eigenvalue weighted by molar-refractivity contribution is 7.99. The average molecular weight is 444 g/mol. The molecule has 9 heteroatoms. The van der Waals surface area contributed by atoms with Crippen LogP contribution in [-0.4, -0.2) is 33.3 Å². The number of hydrogen-bond acceptors (Lipinski definition) is 8. The van der Waals surface area contributed by atoms with Crippen LogP contribution in [0.2, 0.25) is 0 Å². The molecule has 0 bridgehead atoms. The average Bonchev–Trinajstić information content (AvgIpc) is 3.52. The van der Waals surface area contributed by atoms with E-state index in [4.69, 9.17) is 8.83 Å².